The number of anilines is 1. The molecule has 1 saturated heterocycles. The van der Waals surface area contributed by atoms with Crippen molar-refractivity contribution in [2.75, 3.05) is 44.8 Å². The Labute approximate surface area is 217 Å². The van der Waals surface area contributed by atoms with E-state index in [4.69, 9.17) is 25.8 Å². The van der Waals surface area contributed by atoms with E-state index in [0.29, 0.717) is 10.6 Å². The van der Waals surface area contributed by atoms with Crippen molar-refractivity contribution in [2.45, 2.75) is 30.6 Å². The molecule has 1 aliphatic carbocycles. The van der Waals surface area contributed by atoms with Gasteiger partial charge in [-0.25, -0.2) is 18.0 Å². The first kappa shape index (κ1) is 26.6. The molecule has 10 nitrogen and oxygen atoms in total. The SMILES string of the molecule is CCOC(=O)c1c(C2CC2)csc1NC(=O)COC(=O)c1ccc(Cl)c(S(=O)(=O)N2CCOCC2)c1. The van der Waals surface area contributed by atoms with Crippen LogP contribution in [0.4, 0.5) is 5.00 Å². The van der Waals surface area contributed by atoms with Crippen molar-refractivity contribution in [3.63, 3.8) is 0 Å². The number of nitrogens with zero attached hydrogens (tertiary/aromatic N) is 1. The molecule has 0 atom stereocenters. The number of amides is 1. The molecule has 1 amide bonds. The monoisotopic (exact) mass is 556 g/mol. The van der Waals surface area contributed by atoms with Crippen LogP contribution in [0.3, 0.4) is 0 Å². The number of esters is 2. The summed E-state index contributed by atoms with van der Waals surface area (Å²) in [5, 5.41) is 4.74. The van der Waals surface area contributed by atoms with E-state index < -0.39 is 34.5 Å². The number of halogens is 1. The molecule has 2 fully saturated rings. The highest BCUT2D eigenvalue weighted by molar-refractivity contribution is 7.89. The zero-order chi connectivity index (χ0) is 25.9. The number of thiophene rings is 1. The first-order valence-electron chi connectivity index (χ1n) is 11.3. The van der Waals surface area contributed by atoms with Crippen LogP contribution in [-0.2, 0) is 29.0 Å². The first-order chi connectivity index (χ1) is 17.2. The van der Waals surface area contributed by atoms with E-state index in [1.807, 2.05) is 5.38 Å². The summed E-state index contributed by atoms with van der Waals surface area (Å²) in [6, 6.07) is 3.75. The average molecular weight is 557 g/mol. The summed E-state index contributed by atoms with van der Waals surface area (Å²) in [6.07, 6.45) is 1.94. The molecule has 13 heteroatoms. The number of carbonyl (C=O) groups excluding carboxylic acids is 3. The Morgan fingerprint density at radius 2 is 1.89 bits per heavy atom. The zero-order valence-corrected chi connectivity index (χ0v) is 21.8. The van der Waals surface area contributed by atoms with Crippen molar-refractivity contribution < 1.29 is 37.0 Å². The highest BCUT2D eigenvalue weighted by Crippen LogP contribution is 2.46. The summed E-state index contributed by atoms with van der Waals surface area (Å²) in [4.78, 5) is 37.3. The fourth-order valence-electron chi connectivity index (χ4n) is 3.70. The normalized spacial score (nSPS) is 16.4. The Hall–Kier alpha value is -2.51. The fraction of sp³-hybridized carbons (Fsp3) is 0.435. The van der Waals surface area contributed by atoms with Gasteiger partial charge in [0.25, 0.3) is 5.91 Å². The van der Waals surface area contributed by atoms with Crippen LogP contribution in [0.2, 0.25) is 5.02 Å². The second kappa shape index (κ2) is 11.3. The number of hydrogen-bond acceptors (Lipinski definition) is 9. The summed E-state index contributed by atoms with van der Waals surface area (Å²) in [5.41, 5.74) is 1.11. The van der Waals surface area contributed by atoms with Crippen molar-refractivity contribution in [3.05, 3.63) is 45.3 Å². The Bertz CT molecular complexity index is 1270. The Morgan fingerprint density at radius 3 is 2.56 bits per heavy atom. The van der Waals surface area contributed by atoms with Crippen molar-refractivity contribution in [3.8, 4) is 0 Å². The van der Waals surface area contributed by atoms with Gasteiger partial charge in [0, 0.05) is 13.1 Å². The summed E-state index contributed by atoms with van der Waals surface area (Å²) in [7, 11) is -3.95. The molecule has 0 radical (unpaired) electrons. The fourth-order valence-corrected chi connectivity index (χ4v) is 6.66. The number of hydrogen-bond donors (Lipinski definition) is 1. The Balaban J connectivity index is 1.42. The van der Waals surface area contributed by atoms with Gasteiger partial charge in [-0.3, -0.25) is 4.79 Å². The predicted octanol–water partition coefficient (Wildman–Crippen LogP) is 3.27. The van der Waals surface area contributed by atoms with E-state index in [0.717, 1.165) is 24.5 Å². The van der Waals surface area contributed by atoms with Crippen molar-refractivity contribution in [2.24, 2.45) is 0 Å². The van der Waals surface area contributed by atoms with Gasteiger partial charge in [0.05, 0.1) is 36.0 Å². The van der Waals surface area contributed by atoms with Crippen molar-refractivity contribution in [1.82, 2.24) is 4.31 Å². The molecule has 2 aliphatic rings. The zero-order valence-electron chi connectivity index (χ0n) is 19.5. The maximum Gasteiger partial charge on any atom is 0.341 e. The minimum atomic E-state index is -3.95. The lowest BCUT2D eigenvalue weighted by Crippen LogP contribution is -2.40. The number of carbonyl (C=O) groups is 3. The lowest BCUT2D eigenvalue weighted by molar-refractivity contribution is -0.119. The molecular weight excluding hydrogens is 532 g/mol. The molecule has 36 heavy (non-hydrogen) atoms. The molecule has 1 saturated carbocycles. The minimum absolute atomic E-state index is 0.0357. The van der Waals surface area contributed by atoms with E-state index in [1.54, 1.807) is 6.92 Å². The standard InChI is InChI=1S/C23H25ClN2O8S2/c1-2-33-23(29)20-16(14-3-4-14)13-35-21(20)25-19(27)12-34-22(28)15-5-6-17(24)18(11-15)36(30,31)26-7-9-32-10-8-26/h5-6,11,13-14H,2-4,7-10,12H2,1H3,(H,25,27). The lowest BCUT2D eigenvalue weighted by atomic mass is 10.1. The molecule has 2 heterocycles. The number of rotatable bonds is 9. The predicted molar refractivity (Wildman–Crippen MR) is 132 cm³/mol. The largest absolute Gasteiger partial charge is 0.462 e. The maximum atomic E-state index is 13.0. The average Bonchev–Trinajstić information content (AvgIpc) is 3.63. The summed E-state index contributed by atoms with van der Waals surface area (Å²) >= 11 is 7.33. The minimum Gasteiger partial charge on any atom is -0.462 e. The molecular formula is C23H25ClN2O8S2. The van der Waals surface area contributed by atoms with Gasteiger partial charge in [-0.15, -0.1) is 11.3 Å². The molecule has 1 aromatic carbocycles. The Kier molecular flexibility index (Phi) is 8.30. The molecule has 0 bridgehead atoms. The number of sulfonamides is 1. The molecule has 194 valence electrons. The van der Waals surface area contributed by atoms with Crippen LogP contribution in [0, 0.1) is 0 Å². The van der Waals surface area contributed by atoms with E-state index in [-0.39, 0.29) is 54.3 Å². The number of benzene rings is 1. The second-order valence-corrected chi connectivity index (χ2v) is 11.4. The number of ether oxygens (including phenoxy) is 3. The Morgan fingerprint density at radius 1 is 1.17 bits per heavy atom. The molecule has 1 aliphatic heterocycles. The van der Waals surface area contributed by atoms with Crippen LogP contribution in [0.25, 0.3) is 0 Å². The van der Waals surface area contributed by atoms with E-state index in [2.05, 4.69) is 5.32 Å². The highest BCUT2D eigenvalue weighted by Gasteiger charge is 2.33. The molecule has 2 aromatic rings. The van der Waals surface area contributed by atoms with Gasteiger partial charge in [-0.2, -0.15) is 4.31 Å². The summed E-state index contributed by atoms with van der Waals surface area (Å²) in [5.74, 6) is -1.77. The van der Waals surface area contributed by atoms with E-state index in [9.17, 15) is 22.8 Å². The first-order valence-corrected chi connectivity index (χ1v) is 14.0. The number of morpholine rings is 1. The van der Waals surface area contributed by atoms with Crippen LogP contribution in [0.5, 0.6) is 0 Å². The topological polar surface area (TPSA) is 128 Å². The third-order valence-corrected chi connectivity index (χ3v) is 8.95. The van der Waals surface area contributed by atoms with Gasteiger partial charge >= 0.3 is 11.9 Å². The second-order valence-electron chi connectivity index (χ2n) is 8.18. The lowest BCUT2D eigenvalue weighted by Gasteiger charge is -2.26. The van der Waals surface area contributed by atoms with Gasteiger partial charge in [0.2, 0.25) is 10.0 Å². The van der Waals surface area contributed by atoms with E-state index >= 15 is 0 Å². The molecule has 0 unspecified atom stereocenters. The van der Waals surface area contributed by atoms with Gasteiger partial charge in [-0.1, -0.05) is 11.6 Å². The summed E-state index contributed by atoms with van der Waals surface area (Å²) < 4.78 is 42.6. The smallest absolute Gasteiger partial charge is 0.341 e. The van der Waals surface area contributed by atoms with Crippen LogP contribution in [0.1, 0.15) is 52.0 Å². The van der Waals surface area contributed by atoms with Crippen LogP contribution >= 0.6 is 22.9 Å². The summed E-state index contributed by atoms with van der Waals surface area (Å²) in [6.45, 7) is 2.14. The van der Waals surface area contributed by atoms with Gasteiger partial charge < -0.3 is 19.5 Å². The van der Waals surface area contributed by atoms with Crippen molar-refractivity contribution >= 4 is 55.8 Å². The van der Waals surface area contributed by atoms with Gasteiger partial charge in [0.1, 0.15) is 9.90 Å². The number of nitrogens with one attached hydrogen (secondary N) is 1. The highest BCUT2D eigenvalue weighted by atomic mass is 35.5. The van der Waals surface area contributed by atoms with E-state index in [1.165, 1.54) is 27.8 Å². The third-order valence-electron chi connectivity index (χ3n) is 5.66. The molecule has 4 rings (SSSR count). The maximum absolute atomic E-state index is 13.0. The van der Waals surface area contributed by atoms with Crippen LogP contribution < -0.4 is 5.32 Å². The third kappa shape index (κ3) is 5.89. The van der Waals surface area contributed by atoms with Gasteiger partial charge in [-0.05, 0) is 54.8 Å². The van der Waals surface area contributed by atoms with Crippen LogP contribution in [0.15, 0.2) is 28.5 Å². The molecule has 1 aromatic heterocycles. The van der Waals surface area contributed by atoms with Crippen molar-refractivity contribution in [1.29, 1.82) is 0 Å². The molecule has 0 spiro atoms. The van der Waals surface area contributed by atoms with Crippen LogP contribution in [-0.4, -0.2) is 70.1 Å². The quantitative estimate of drug-likeness (QED) is 0.466. The van der Waals surface area contributed by atoms with Gasteiger partial charge in [0.15, 0.2) is 6.61 Å². The molecule has 1 N–H and O–H groups in total.